The first-order valence-corrected chi connectivity index (χ1v) is 10.5. The van der Waals surface area contributed by atoms with Gasteiger partial charge in [-0.05, 0) is 68.4 Å². The Labute approximate surface area is 178 Å². The van der Waals surface area contributed by atoms with E-state index in [1.54, 1.807) is 14.2 Å². The number of esters is 1. The topological polar surface area (TPSA) is 68.8 Å². The van der Waals surface area contributed by atoms with Crippen molar-refractivity contribution in [3.05, 3.63) is 35.0 Å². The third-order valence-corrected chi connectivity index (χ3v) is 6.28. The molecule has 0 spiro atoms. The first kappa shape index (κ1) is 21.4. The minimum atomic E-state index is -0.485. The van der Waals surface area contributed by atoms with Gasteiger partial charge in [0, 0.05) is 11.3 Å². The van der Waals surface area contributed by atoms with Crippen LogP contribution < -0.4 is 20.1 Å². The van der Waals surface area contributed by atoms with E-state index in [4.69, 9.17) is 26.4 Å². The van der Waals surface area contributed by atoms with Crippen molar-refractivity contribution in [3.8, 4) is 11.5 Å². The number of thiocarbonyl (C=S) groups is 1. The maximum atomic E-state index is 13.2. The SMILES string of the molecule is COc1ccc(OC)c([C@H]2NC(=S)NC(C)=C2C(=O)O[C@H]2CC[C@@H](C)[C@@H](C)C2)c1. The number of carbonyl (C=O) groups is 1. The molecule has 4 atom stereocenters. The average molecular weight is 419 g/mol. The molecule has 2 N–H and O–H groups in total. The fourth-order valence-corrected chi connectivity index (χ4v) is 4.35. The first-order valence-electron chi connectivity index (χ1n) is 10.0. The molecule has 29 heavy (non-hydrogen) atoms. The number of allylic oxidation sites excluding steroid dienone is 1. The summed E-state index contributed by atoms with van der Waals surface area (Å²) in [5, 5.41) is 6.71. The van der Waals surface area contributed by atoms with Crippen molar-refractivity contribution in [1.82, 2.24) is 10.6 Å². The Balaban J connectivity index is 1.91. The molecule has 0 aromatic heterocycles. The summed E-state index contributed by atoms with van der Waals surface area (Å²) in [7, 11) is 3.21. The first-order chi connectivity index (χ1) is 13.8. The van der Waals surface area contributed by atoms with Gasteiger partial charge in [-0.25, -0.2) is 4.79 Å². The van der Waals surface area contributed by atoms with Crippen LogP contribution in [0.25, 0.3) is 0 Å². The lowest BCUT2D eigenvalue weighted by atomic mass is 9.80. The number of methoxy groups -OCH3 is 2. The van der Waals surface area contributed by atoms with Gasteiger partial charge >= 0.3 is 5.97 Å². The Morgan fingerprint density at radius 2 is 1.90 bits per heavy atom. The van der Waals surface area contributed by atoms with Gasteiger partial charge < -0.3 is 24.8 Å². The third-order valence-electron chi connectivity index (χ3n) is 6.06. The number of nitrogens with one attached hydrogen (secondary N) is 2. The smallest absolute Gasteiger partial charge is 0.338 e. The van der Waals surface area contributed by atoms with Gasteiger partial charge in [0.15, 0.2) is 5.11 Å². The van der Waals surface area contributed by atoms with Crippen LogP contribution in [0.1, 0.15) is 51.6 Å². The second-order valence-electron chi connectivity index (χ2n) is 7.97. The molecule has 1 saturated carbocycles. The lowest BCUT2D eigenvalue weighted by Crippen LogP contribution is -2.45. The molecule has 0 radical (unpaired) electrons. The standard InChI is InChI=1S/C22H30N2O4S/c1-12-6-7-16(10-13(12)2)28-21(25)19-14(3)23-22(29)24-20(19)17-11-15(26-4)8-9-18(17)27-5/h8-9,11-13,16,20H,6-7,10H2,1-5H3,(H2,23,24,29)/t12-,13+,16+,20-/m1/s1. The number of rotatable bonds is 5. The van der Waals surface area contributed by atoms with Crippen molar-refractivity contribution >= 4 is 23.3 Å². The van der Waals surface area contributed by atoms with E-state index in [0.29, 0.717) is 39.7 Å². The molecule has 6 nitrogen and oxygen atoms in total. The van der Waals surface area contributed by atoms with Crippen molar-refractivity contribution in [1.29, 1.82) is 0 Å². The van der Waals surface area contributed by atoms with E-state index in [9.17, 15) is 4.79 Å². The van der Waals surface area contributed by atoms with Crippen molar-refractivity contribution in [2.24, 2.45) is 11.8 Å². The highest BCUT2D eigenvalue weighted by Crippen LogP contribution is 2.37. The molecule has 1 aromatic rings. The van der Waals surface area contributed by atoms with Crippen molar-refractivity contribution in [2.45, 2.75) is 52.2 Å². The molecule has 1 heterocycles. The van der Waals surface area contributed by atoms with Crippen LogP contribution in [0.15, 0.2) is 29.5 Å². The fraction of sp³-hybridized carbons (Fsp3) is 0.545. The molecule has 1 aliphatic heterocycles. The van der Waals surface area contributed by atoms with Crippen LogP contribution in [-0.2, 0) is 9.53 Å². The van der Waals surface area contributed by atoms with E-state index in [1.165, 1.54) is 0 Å². The quantitative estimate of drug-likeness (QED) is 0.556. The largest absolute Gasteiger partial charge is 0.497 e. The van der Waals surface area contributed by atoms with E-state index in [1.807, 2.05) is 25.1 Å². The Morgan fingerprint density at radius 1 is 1.14 bits per heavy atom. The summed E-state index contributed by atoms with van der Waals surface area (Å²) in [6.07, 6.45) is 2.81. The fourth-order valence-electron chi connectivity index (χ4n) is 4.08. The van der Waals surface area contributed by atoms with Crippen LogP contribution in [0, 0.1) is 11.8 Å². The zero-order valence-electron chi connectivity index (χ0n) is 17.7. The van der Waals surface area contributed by atoms with Crippen LogP contribution in [0.4, 0.5) is 0 Å². The average Bonchev–Trinajstić information content (AvgIpc) is 2.69. The summed E-state index contributed by atoms with van der Waals surface area (Å²) in [5.74, 6) is 2.20. The Hall–Kier alpha value is -2.28. The van der Waals surface area contributed by atoms with Gasteiger partial charge in [0.2, 0.25) is 0 Å². The number of carbonyl (C=O) groups excluding carboxylic acids is 1. The van der Waals surface area contributed by atoms with E-state index in [-0.39, 0.29) is 12.1 Å². The molecule has 1 aliphatic carbocycles. The van der Waals surface area contributed by atoms with Gasteiger partial charge in [-0.1, -0.05) is 13.8 Å². The predicted octanol–water partition coefficient (Wildman–Crippen LogP) is 3.86. The number of hydrogen-bond donors (Lipinski definition) is 2. The van der Waals surface area contributed by atoms with Gasteiger partial charge in [-0.15, -0.1) is 0 Å². The van der Waals surface area contributed by atoms with Crippen LogP contribution in [-0.4, -0.2) is 31.4 Å². The maximum Gasteiger partial charge on any atom is 0.338 e. The van der Waals surface area contributed by atoms with Crippen molar-refractivity contribution in [2.75, 3.05) is 14.2 Å². The summed E-state index contributed by atoms with van der Waals surface area (Å²) in [5.41, 5.74) is 1.97. The van der Waals surface area contributed by atoms with Gasteiger partial charge in [0.25, 0.3) is 0 Å². The summed E-state index contributed by atoms with van der Waals surface area (Å²) in [6.45, 7) is 6.33. The maximum absolute atomic E-state index is 13.2. The lowest BCUT2D eigenvalue weighted by Gasteiger charge is -2.34. The molecule has 1 fully saturated rings. The van der Waals surface area contributed by atoms with Crippen LogP contribution in [0.3, 0.4) is 0 Å². The van der Waals surface area contributed by atoms with Gasteiger partial charge in [0.05, 0.1) is 25.8 Å². The zero-order valence-corrected chi connectivity index (χ0v) is 18.5. The Kier molecular flexibility index (Phi) is 6.67. The van der Waals surface area contributed by atoms with Crippen molar-refractivity contribution < 1.29 is 19.0 Å². The van der Waals surface area contributed by atoms with Gasteiger partial charge in [-0.3, -0.25) is 0 Å². The highest BCUT2D eigenvalue weighted by atomic mass is 32.1. The van der Waals surface area contributed by atoms with Crippen LogP contribution in [0.5, 0.6) is 11.5 Å². The highest BCUT2D eigenvalue weighted by molar-refractivity contribution is 7.80. The summed E-state index contributed by atoms with van der Waals surface area (Å²) in [6, 6.07) is 5.01. The number of ether oxygens (including phenoxy) is 3. The summed E-state index contributed by atoms with van der Waals surface area (Å²) < 4.78 is 16.9. The normalized spacial score (nSPS) is 27.0. The van der Waals surface area contributed by atoms with E-state index in [0.717, 1.165) is 24.8 Å². The molecule has 7 heteroatoms. The Morgan fingerprint density at radius 3 is 2.55 bits per heavy atom. The monoisotopic (exact) mass is 418 g/mol. The second kappa shape index (κ2) is 9.03. The number of hydrogen-bond acceptors (Lipinski definition) is 5. The summed E-state index contributed by atoms with van der Waals surface area (Å²) in [4.78, 5) is 13.2. The van der Waals surface area contributed by atoms with Gasteiger partial charge in [0.1, 0.15) is 17.6 Å². The molecule has 0 saturated heterocycles. The molecule has 0 amide bonds. The molecule has 1 aromatic carbocycles. The molecule has 3 rings (SSSR count). The van der Waals surface area contributed by atoms with E-state index < -0.39 is 6.04 Å². The third kappa shape index (κ3) is 4.66. The molecule has 2 aliphatic rings. The summed E-state index contributed by atoms with van der Waals surface area (Å²) >= 11 is 5.35. The lowest BCUT2D eigenvalue weighted by molar-refractivity contribution is -0.147. The predicted molar refractivity (Wildman–Crippen MR) is 116 cm³/mol. The second-order valence-corrected chi connectivity index (χ2v) is 8.38. The minimum Gasteiger partial charge on any atom is -0.497 e. The highest BCUT2D eigenvalue weighted by Gasteiger charge is 2.35. The van der Waals surface area contributed by atoms with Crippen molar-refractivity contribution in [3.63, 3.8) is 0 Å². The van der Waals surface area contributed by atoms with Crippen LogP contribution >= 0.6 is 12.2 Å². The molecule has 0 unspecified atom stereocenters. The minimum absolute atomic E-state index is 0.0595. The van der Waals surface area contributed by atoms with Crippen LogP contribution in [0.2, 0.25) is 0 Å². The zero-order chi connectivity index (χ0) is 21.1. The Bertz CT molecular complexity index is 823. The van der Waals surface area contributed by atoms with E-state index >= 15 is 0 Å². The molecule has 0 bridgehead atoms. The molecular weight excluding hydrogens is 388 g/mol. The van der Waals surface area contributed by atoms with Gasteiger partial charge in [-0.2, -0.15) is 0 Å². The molecular formula is C22H30N2O4S. The van der Waals surface area contributed by atoms with E-state index in [2.05, 4.69) is 24.5 Å². The molecule has 158 valence electrons. The number of benzene rings is 1.